The molecular formula is C26H19Cl2PTi. The number of benzene rings is 3. The fourth-order valence-corrected chi connectivity index (χ4v) is 6.48. The average molecular weight is 481 g/mol. The van der Waals surface area contributed by atoms with Gasteiger partial charge in [0.15, 0.2) is 0 Å². The summed E-state index contributed by atoms with van der Waals surface area (Å²) in [5, 5.41) is 9.98. The zero-order valence-corrected chi connectivity index (χ0v) is 20.1. The summed E-state index contributed by atoms with van der Waals surface area (Å²) in [7, 11) is -0.419. The van der Waals surface area contributed by atoms with Crippen LogP contribution >= 0.6 is 7.53 Å². The van der Waals surface area contributed by atoms with Gasteiger partial charge in [0.1, 0.15) is 0 Å². The summed E-state index contributed by atoms with van der Waals surface area (Å²) in [5.41, 5.74) is 0. The Kier molecular flexibility index (Phi) is 8.99. The quantitative estimate of drug-likeness (QED) is 0.250. The largest absolute Gasteiger partial charge is 4.00 e. The molecular weight excluding hydrogens is 462 g/mol. The second kappa shape index (κ2) is 11.0. The van der Waals surface area contributed by atoms with E-state index < -0.39 is 7.53 Å². The molecule has 0 unspecified atom stereocenters. The summed E-state index contributed by atoms with van der Waals surface area (Å²) in [6.45, 7) is 0. The molecule has 6 aromatic rings. The Balaban J connectivity index is 0.000000356. The summed E-state index contributed by atoms with van der Waals surface area (Å²) in [6, 6.07) is 41.2. The molecule has 0 saturated carbocycles. The zero-order valence-electron chi connectivity index (χ0n) is 16.2. The van der Waals surface area contributed by atoms with Gasteiger partial charge in [-0.25, -0.2) is 12.1 Å². The van der Waals surface area contributed by atoms with Gasteiger partial charge in [-0.05, 0) is 10.8 Å². The Labute approximate surface area is 205 Å². The standard InChI is InChI=1S/C21H14P.C5H5.2ClH.Ti/c1-2-8-16-14-17(13-15(16)7-1)22-20-11-5-3-9-18(20)19-10-4-6-12-21(19)22;1-2-4-5-3-1;;;/h1-14H;1-5H;2*1H;/q2*-1;;;+4/p-2. The molecule has 0 N–H and O–H groups in total. The van der Waals surface area contributed by atoms with E-state index in [1.165, 1.54) is 37.1 Å². The maximum absolute atomic E-state index is 2.37. The molecule has 0 nitrogen and oxygen atoms in total. The van der Waals surface area contributed by atoms with Crippen molar-refractivity contribution in [3.05, 3.63) is 115 Å². The van der Waals surface area contributed by atoms with Gasteiger partial charge in [-0.15, -0.1) is 35.0 Å². The van der Waals surface area contributed by atoms with Crippen LogP contribution in [0, 0.1) is 0 Å². The van der Waals surface area contributed by atoms with Crippen LogP contribution in [0.5, 0.6) is 0 Å². The van der Waals surface area contributed by atoms with E-state index in [-0.39, 0.29) is 46.5 Å². The first kappa shape index (κ1) is 24.5. The van der Waals surface area contributed by atoms with Crippen LogP contribution in [0.15, 0.2) is 115 Å². The van der Waals surface area contributed by atoms with E-state index in [4.69, 9.17) is 0 Å². The molecule has 0 amide bonds. The van der Waals surface area contributed by atoms with Crippen molar-refractivity contribution in [2.45, 2.75) is 0 Å². The molecule has 4 heteroatoms. The molecule has 0 bridgehead atoms. The van der Waals surface area contributed by atoms with E-state index in [9.17, 15) is 0 Å². The van der Waals surface area contributed by atoms with E-state index in [1.807, 2.05) is 30.3 Å². The molecule has 0 atom stereocenters. The Morgan fingerprint density at radius 2 is 1.13 bits per heavy atom. The summed E-state index contributed by atoms with van der Waals surface area (Å²) < 4.78 is 0. The predicted octanol–water partition coefficient (Wildman–Crippen LogP) is 2.25. The van der Waals surface area contributed by atoms with Crippen molar-refractivity contribution in [2.24, 2.45) is 0 Å². The Hall–Kier alpha value is -1.79. The Morgan fingerprint density at radius 1 is 0.600 bits per heavy atom. The van der Waals surface area contributed by atoms with E-state index in [0.717, 1.165) is 0 Å². The summed E-state index contributed by atoms with van der Waals surface area (Å²) in [6.07, 6.45) is 0. The van der Waals surface area contributed by atoms with Gasteiger partial charge in [-0.3, -0.25) is 0 Å². The minimum atomic E-state index is -0.419. The third-order valence-electron chi connectivity index (χ3n) is 5.00. The number of rotatable bonds is 1. The van der Waals surface area contributed by atoms with Crippen LogP contribution in [0.4, 0.5) is 0 Å². The number of hydrogen-bond donors (Lipinski definition) is 0. The summed E-state index contributed by atoms with van der Waals surface area (Å²) >= 11 is 0. The van der Waals surface area contributed by atoms with Gasteiger partial charge in [-0.1, -0.05) is 67.4 Å². The van der Waals surface area contributed by atoms with Gasteiger partial charge in [0.2, 0.25) is 0 Å². The second-order valence-corrected chi connectivity index (χ2v) is 8.83. The van der Waals surface area contributed by atoms with Crippen molar-refractivity contribution in [1.82, 2.24) is 0 Å². The van der Waals surface area contributed by atoms with Gasteiger partial charge < -0.3 is 24.8 Å². The smallest absolute Gasteiger partial charge is 1.00 e. The normalized spacial score (nSPS) is 9.87. The van der Waals surface area contributed by atoms with E-state index >= 15 is 0 Å². The molecule has 1 aromatic heterocycles. The third kappa shape index (κ3) is 4.60. The second-order valence-electron chi connectivity index (χ2n) is 6.67. The van der Waals surface area contributed by atoms with Crippen molar-refractivity contribution in [3.8, 4) is 5.30 Å². The van der Waals surface area contributed by atoms with Crippen molar-refractivity contribution < 1.29 is 46.5 Å². The molecule has 6 rings (SSSR count). The monoisotopic (exact) mass is 480 g/mol. The molecule has 5 aromatic carbocycles. The molecule has 1 heterocycles. The molecule has 30 heavy (non-hydrogen) atoms. The van der Waals surface area contributed by atoms with Crippen LogP contribution in [0.2, 0.25) is 0 Å². The maximum Gasteiger partial charge on any atom is 4.00 e. The first-order chi connectivity index (χ1) is 13.4. The minimum Gasteiger partial charge on any atom is -1.00 e. The molecule has 0 fully saturated rings. The van der Waals surface area contributed by atoms with E-state index in [2.05, 4.69) is 84.9 Å². The first-order valence-corrected chi connectivity index (χ1v) is 10.6. The van der Waals surface area contributed by atoms with Gasteiger partial charge in [0.25, 0.3) is 0 Å². The van der Waals surface area contributed by atoms with Gasteiger partial charge in [0.05, 0.1) is 0 Å². The van der Waals surface area contributed by atoms with Crippen LogP contribution < -0.4 is 24.8 Å². The van der Waals surface area contributed by atoms with Gasteiger partial charge >= 0.3 is 21.7 Å². The molecule has 0 aliphatic carbocycles. The van der Waals surface area contributed by atoms with Crippen LogP contribution in [-0.2, 0) is 21.7 Å². The van der Waals surface area contributed by atoms with Gasteiger partial charge in [-0.2, -0.15) is 24.3 Å². The molecule has 0 saturated heterocycles. The minimum absolute atomic E-state index is 0. The number of hydrogen-bond acceptors (Lipinski definition) is 0. The fourth-order valence-electron chi connectivity index (χ4n) is 3.78. The summed E-state index contributed by atoms with van der Waals surface area (Å²) in [4.78, 5) is 0. The van der Waals surface area contributed by atoms with Crippen LogP contribution in [0.25, 0.3) is 37.1 Å². The number of fused-ring (bicyclic) bond motifs is 4. The SMILES string of the molecule is [Cl-].[Cl-].[Ti+4].c1cc[cH-]c1.c1ccc2[cH-]c(-p3c4ccccc4c4ccccc43)cc2c1. The van der Waals surface area contributed by atoms with Crippen molar-refractivity contribution in [2.75, 3.05) is 0 Å². The van der Waals surface area contributed by atoms with Gasteiger partial charge in [0, 0.05) is 10.2 Å². The predicted molar refractivity (Wildman–Crippen MR) is 121 cm³/mol. The molecule has 0 aliphatic rings. The molecule has 0 aliphatic heterocycles. The topological polar surface area (TPSA) is 0 Å². The summed E-state index contributed by atoms with van der Waals surface area (Å²) in [5.74, 6) is 0. The first-order valence-electron chi connectivity index (χ1n) is 9.22. The van der Waals surface area contributed by atoms with Crippen molar-refractivity contribution in [3.63, 3.8) is 0 Å². The number of halogens is 2. The average Bonchev–Trinajstić information content (AvgIpc) is 3.46. The maximum atomic E-state index is 2.37. The zero-order chi connectivity index (χ0) is 18.1. The third-order valence-corrected chi connectivity index (χ3v) is 7.51. The molecule has 146 valence electrons. The molecule has 0 spiro atoms. The van der Waals surface area contributed by atoms with Crippen LogP contribution in [0.1, 0.15) is 0 Å². The van der Waals surface area contributed by atoms with Crippen molar-refractivity contribution in [1.29, 1.82) is 0 Å². The van der Waals surface area contributed by atoms with E-state index in [1.54, 1.807) is 0 Å². The Morgan fingerprint density at radius 3 is 1.67 bits per heavy atom. The fraction of sp³-hybridized carbons (Fsp3) is 0. The van der Waals surface area contributed by atoms with Crippen LogP contribution in [0.3, 0.4) is 0 Å². The molecule has 0 radical (unpaired) electrons. The van der Waals surface area contributed by atoms with E-state index in [0.29, 0.717) is 0 Å². The Bertz CT molecular complexity index is 1230. The van der Waals surface area contributed by atoms with Crippen LogP contribution in [-0.4, -0.2) is 0 Å². The van der Waals surface area contributed by atoms with Crippen molar-refractivity contribution >= 4 is 39.3 Å².